The average molecular weight is 245 g/mol. The number of non-ortho nitro benzene ring substituents is 2. The predicted molar refractivity (Wildman–Crippen MR) is 54.3 cm³/mol. The van der Waals surface area contributed by atoms with Crippen LogP contribution in [0, 0.1) is 20.2 Å². The van der Waals surface area contributed by atoms with Gasteiger partial charge in [-0.25, -0.2) is 0 Å². The van der Waals surface area contributed by atoms with Gasteiger partial charge in [0.25, 0.3) is 11.4 Å². The van der Waals surface area contributed by atoms with Gasteiger partial charge in [0, 0.05) is 18.6 Å². The quantitative estimate of drug-likeness (QED) is 0.456. The van der Waals surface area contributed by atoms with Gasteiger partial charge >= 0.3 is 0 Å². The molecule has 0 aliphatic heterocycles. The first-order valence-electron chi connectivity index (χ1n) is 4.01. The summed E-state index contributed by atoms with van der Waals surface area (Å²) in [4.78, 5) is 30.0. The van der Waals surface area contributed by atoms with Gasteiger partial charge in [-0.3, -0.25) is 25.0 Å². The summed E-state index contributed by atoms with van der Waals surface area (Å²) < 4.78 is 0. The molecule has 16 heavy (non-hydrogen) atoms. The van der Waals surface area contributed by atoms with Crippen LogP contribution >= 0.6 is 11.6 Å². The maximum atomic E-state index is 10.6. The van der Waals surface area contributed by atoms with Gasteiger partial charge in [-0.15, -0.1) is 0 Å². The Morgan fingerprint density at radius 3 is 1.88 bits per heavy atom. The summed E-state index contributed by atoms with van der Waals surface area (Å²) in [7, 11) is 0. The fraction of sp³-hybridized carbons (Fsp3) is 0.125. The van der Waals surface area contributed by atoms with Crippen molar-refractivity contribution >= 4 is 28.2 Å². The van der Waals surface area contributed by atoms with Crippen LogP contribution in [0.3, 0.4) is 0 Å². The molecule has 0 N–H and O–H groups in total. The Hall–Kier alpha value is -2.02. The zero-order chi connectivity index (χ0) is 12.3. The zero-order valence-electron chi connectivity index (χ0n) is 7.75. The molecule has 1 aromatic rings. The van der Waals surface area contributed by atoms with Crippen LogP contribution in [0.5, 0.6) is 0 Å². The van der Waals surface area contributed by atoms with Gasteiger partial charge in [-0.2, -0.15) is 0 Å². The summed E-state index contributed by atoms with van der Waals surface area (Å²) in [6.07, 6.45) is -0.288. The summed E-state index contributed by atoms with van der Waals surface area (Å²) in [5.41, 5.74) is -0.745. The number of halogens is 1. The number of rotatable bonds is 4. The first-order chi connectivity index (χ1) is 7.40. The molecule has 0 radical (unpaired) electrons. The lowest BCUT2D eigenvalue weighted by Gasteiger charge is -1.98. The molecule has 0 saturated carbocycles. The van der Waals surface area contributed by atoms with Crippen molar-refractivity contribution < 1.29 is 14.6 Å². The Kier molecular flexibility index (Phi) is 3.51. The lowest BCUT2D eigenvalue weighted by Crippen LogP contribution is -1.98. The van der Waals surface area contributed by atoms with Crippen molar-refractivity contribution in [2.45, 2.75) is 6.42 Å². The van der Waals surface area contributed by atoms with E-state index in [1.54, 1.807) is 0 Å². The van der Waals surface area contributed by atoms with Crippen LogP contribution in [0.1, 0.15) is 5.56 Å². The van der Waals surface area contributed by atoms with Crippen LogP contribution in [0.2, 0.25) is 0 Å². The number of nitrogens with zero attached hydrogens (tertiary/aromatic N) is 2. The first kappa shape index (κ1) is 12.1. The molecule has 0 saturated heterocycles. The second-order valence-electron chi connectivity index (χ2n) is 2.90. The van der Waals surface area contributed by atoms with Crippen molar-refractivity contribution in [2.24, 2.45) is 0 Å². The third-order valence-electron chi connectivity index (χ3n) is 1.73. The minimum absolute atomic E-state index is 0.140. The fourth-order valence-electron chi connectivity index (χ4n) is 1.13. The van der Waals surface area contributed by atoms with Crippen LogP contribution in [0.4, 0.5) is 11.4 Å². The van der Waals surface area contributed by atoms with Gasteiger partial charge in [0.15, 0.2) is 0 Å². The third-order valence-corrected chi connectivity index (χ3v) is 1.86. The highest BCUT2D eigenvalue weighted by Crippen LogP contribution is 2.23. The van der Waals surface area contributed by atoms with E-state index in [0.29, 0.717) is 0 Å². The molecular formula is C8H5ClN2O5. The molecule has 0 spiro atoms. The summed E-state index contributed by atoms with van der Waals surface area (Å²) in [6, 6.07) is 2.97. The smallest absolute Gasteiger partial charge is 0.276 e. The molecule has 0 atom stereocenters. The number of hydrogen-bond donors (Lipinski definition) is 0. The van der Waals surface area contributed by atoms with Gasteiger partial charge in [-0.05, 0) is 17.2 Å². The highest BCUT2D eigenvalue weighted by molar-refractivity contribution is 6.63. The summed E-state index contributed by atoms with van der Waals surface area (Å²) in [5.74, 6) is 0. The maximum absolute atomic E-state index is 10.6. The lowest BCUT2D eigenvalue weighted by molar-refractivity contribution is -0.394. The van der Waals surface area contributed by atoms with Gasteiger partial charge in [0.2, 0.25) is 5.24 Å². The van der Waals surface area contributed by atoms with Crippen LogP contribution < -0.4 is 0 Å². The van der Waals surface area contributed by atoms with E-state index in [1.807, 2.05) is 0 Å². The van der Waals surface area contributed by atoms with E-state index in [2.05, 4.69) is 0 Å². The van der Waals surface area contributed by atoms with Crippen molar-refractivity contribution in [3.05, 3.63) is 44.0 Å². The zero-order valence-corrected chi connectivity index (χ0v) is 8.51. The number of nitro groups is 2. The van der Waals surface area contributed by atoms with Crippen molar-refractivity contribution in [3.8, 4) is 0 Å². The van der Waals surface area contributed by atoms with Crippen molar-refractivity contribution in [1.29, 1.82) is 0 Å². The minimum atomic E-state index is -0.769. The molecule has 0 fully saturated rings. The Morgan fingerprint density at radius 2 is 1.56 bits per heavy atom. The van der Waals surface area contributed by atoms with Crippen LogP contribution in [0.25, 0.3) is 0 Å². The van der Waals surface area contributed by atoms with Gasteiger partial charge < -0.3 is 0 Å². The summed E-state index contributed by atoms with van der Waals surface area (Å²) >= 11 is 5.10. The molecular weight excluding hydrogens is 240 g/mol. The lowest BCUT2D eigenvalue weighted by atomic mass is 10.1. The number of hydrogen-bond acceptors (Lipinski definition) is 5. The largest absolute Gasteiger partial charge is 0.281 e. The molecule has 1 rings (SSSR count). The SMILES string of the molecule is O=C(Cl)Cc1cc([N+](=O)[O-])cc([N+](=O)[O-])c1. The summed E-state index contributed by atoms with van der Waals surface area (Å²) in [6.45, 7) is 0. The van der Waals surface area contributed by atoms with E-state index in [4.69, 9.17) is 11.6 Å². The number of benzene rings is 1. The van der Waals surface area contributed by atoms with E-state index in [1.165, 1.54) is 0 Å². The van der Waals surface area contributed by atoms with Crippen LogP contribution in [-0.2, 0) is 11.2 Å². The minimum Gasteiger partial charge on any atom is -0.281 e. The fourth-order valence-corrected chi connectivity index (χ4v) is 1.28. The number of carbonyl (C=O) groups excluding carboxylic acids is 1. The number of carbonyl (C=O) groups is 1. The second-order valence-corrected chi connectivity index (χ2v) is 3.33. The molecule has 0 heterocycles. The predicted octanol–water partition coefficient (Wildman–Crippen LogP) is 1.81. The van der Waals surface area contributed by atoms with E-state index in [9.17, 15) is 25.0 Å². The monoisotopic (exact) mass is 244 g/mol. The topological polar surface area (TPSA) is 103 Å². The third kappa shape index (κ3) is 2.99. The van der Waals surface area contributed by atoms with Gasteiger partial charge in [-0.1, -0.05) is 0 Å². The summed E-state index contributed by atoms with van der Waals surface area (Å²) in [5, 5.41) is 20.2. The Bertz CT molecular complexity index is 441. The van der Waals surface area contributed by atoms with Gasteiger partial charge in [0.05, 0.1) is 15.9 Å². The van der Waals surface area contributed by atoms with E-state index in [-0.39, 0.29) is 12.0 Å². The van der Waals surface area contributed by atoms with Crippen molar-refractivity contribution in [2.75, 3.05) is 0 Å². The molecule has 0 aliphatic rings. The van der Waals surface area contributed by atoms with Crippen molar-refractivity contribution in [1.82, 2.24) is 0 Å². The molecule has 0 aromatic heterocycles. The van der Waals surface area contributed by atoms with Gasteiger partial charge in [0.1, 0.15) is 0 Å². The highest BCUT2D eigenvalue weighted by atomic mass is 35.5. The Balaban J connectivity index is 3.23. The molecule has 0 amide bonds. The molecule has 1 aromatic carbocycles. The van der Waals surface area contributed by atoms with Crippen LogP contribution in [-0.4, -0.2) is 15.1 Å². The standard InChI is InChI=1S/C8H5ClN2O5/c9-8(12)3-5-1-6(10(13)14)4-7(2-5)11(15)16/h1-2,4H,3H2. The maximum Gasteiger partial charge on any atom is 0.276 e. The Morgan fingerprint density at radius 1 is 1.12 bits per heavy atom. The molecule has 84 valence electrons. The normalized spacial score (nSPS) is 9.81. The highest BCUT2D eigenvalue weighted by Gasteiger charge is 2.17. The van der Waals surface area contributed by atoms with E-state index < -0.39 is 26.5 Å². The molecule has 0 bridgehead atoms. The molecule has 8 heteroatoms. The number of nitro benzene ring substituents is 2. The van der Waals surface area contributed by atoms with Crippen LogP contribution in [0.15, 0.2) is 18.2 Å². The van der Waals surface area contributed by atoms with E-state index in [0.717, 1.165) is 18.2 Å². The second kappa shape index (κ2) is 4.67. The van der Waals surface area contributed by atoms with E-state index >= 15 is 0 Å². The first-order valence-corrected chi connectivity index (χ1v) is 4.39. The average Bonchev–Trinajstić information content (AvgIpc) is 2.15. The molecule has 7 nitrogen and oxygen atoms in total. The Labute approximate surface area is 93.9 Å². The van der Waals surface area contributed by atoms with Crippen molar-refractivity contribution in [3.63, 3.8) is 0 Å². The molecule has 0 aliphatic carbocycles. The molecule has 0 unspecified atom stereocenters.